The fourth-order valence-electron chi connectivity index (χ4n) is 3.66. The summed E-state index contributed by atoms with van der Waals surface area (Å²) in [5.41, 5.74) is 0. The molecule has 2 heterocycles. The standard InChI is InChI=1S/C17H24N2O3S/c1-12(20)18-13(16-7-4-10-23-16)11-17(21)19-8-9-22-15-6-3-2-5-14(15)19/h4,7,10,13-15H,2-3,5-6,8-9,11H2,1H3,(H,18,20)/t13-,14-,15+/m1/s1. The van der Waals surface area contributed by atoms with E-state index in [1.54, 1.807) is 11.3 Å². The molecule has 3 atom stereocenters. The molecule has 5 nitrogen and oxygen atoms in total. The van der Waals surface area contributed by atoms with Gasteiger partial charge in [-0.3, -0.25) is 9.59 Å². The predicted octanol–water partition coefficient (Wildman–Crippen LogP) is 2.49. The minimum absolute atomic E-state index is 0.103. The number of amides is 2. The Morgan fingerprint density at radius 1 is 1.43 bits per heavy atom. The van der Waals surface area contributed by atoms with Gasteiger partial charge < -0.3 is 15.0 Å². The van der Waals surface area contributed by atoms with Crippen LogP contribution in [-0.2, 0) is 14.3 Å². The number of hydrogen-bond acceptors (Lipinski definition) is 4. The van der Waals surface area contributed by atoms with E-state index in [0.29, 0.717) is 19.6 Å². The molecule has 2 aliphatic rings. The van der Waals surface area contributed by atoms with Crippen LogP contribution in [0.4, 0.5) is 0 Å². The number of hydrogen-bond donors (Lipinski definition) is 1. The quantitative estimate of drug-likeness (QED) is 0.919. The lowest BCUT2D eigenvalue weighted by molar-refractivity contribution is -0.150. The molecule has 126 valence electrons. The van der Waals surface area contributed by atoms with E-state index in [1.807, 2.05) is 22.4 Å². The lowest BCUT2D eigenvalue weighted by Crippen LogP contribution is -2.55. The SMILES string of the molecule is CC(=O)N[C@H](CC(=O)N1CCO[C@H]2CCCC[C@H]21)c1cccs1. The van der Waals surface area contributed by atoms with Gasteiger partial charge in [-0.15, -0.1) is 11.3 Å². The van der Waals surface area contributed by atoms with Gasteiger partial charge >= 0.3 is 0 Å². The first-order valence-electron chi connectivity index (χ1n) is 8.36. The molecular formula is C17H24N2O3S. The van der Waals surface area contributed by atoms with Crippen LogP contribution in [0.5, 0.6) is 0 Å². The Morgan fingerprint density at radius 2 is 2.26 bits per heavy atom. The summed E-state index contributed by atoms with van der Waals surface area (Å²) in [5.74, 6) is 0.0195. The average molecular weight is 336 g/mol. The predicted molar refractivity (Wildman–Crippen MR) is 89.2 cm³/mol. The van der Waals surface area contributed by atoms with Gasteiger partial charge in [0.15, 0.2) is 0 Å². The van der Waals surface area contributed by atoms with Gasteiger partial charge in [0.1, 0.15) is 0 Å². The first-order chi connectivity index (χ1) is 11.1. The van der Waals surface area contributed by atoms with Crippen molar-refractivity contribution < 1.29 is 14.3 Å². The molecule has 0 aromatic carbocycles. The third-order valence-corrected chi connectivity index (χ3v) is 5.68. The highest BCUT2D eigenvalue weighted by Gasteiger charge is 2.37. The first kappa shape index (κ1) is 16.5. The molecule has 2 amide bonds. The second kappa shape index (κ2) is 7.45. The fraction of sp³-hybridized carbons (Fsp3) is 0.647. The molecule has 2 fully saturated rings. The number of morpholine rings is 1. The number of ether oxygens (including phenoxy) is 1. The van der Waals surface area contributed by atoms with Crippen molar-refractivity contribution in [2.45, 2.75) is 57.2 Å². The van der Waals surface area contributed by atoms with Crippen LogP contribution in [0.3, 0.4) is 0 Å². The zero-order chi connectivity index (χ0) is 16.2. The Bertz CT molecular complexity index is 544. The van der Waals surface area contributed by atoms with Crippen molar-refractivity contribution in [3.05, 3.63) is 22.4 Å². The van der Waals surface area contributed by atoms with E-state index in [-0.39, 0.29) is 30.0 Å². The van der Waals surface area contributed by atoms with E-state index in [2.05, 4.69) is 5.32 Å². The van der Waals surface area contributed by atoms with Gasteiger partial charge in [0.25, 0.3) is 0 Å². The summed E-state index contributed by atoms with van der Waals surface area (Å²) >= 11 is 1.57. The maximum atomic E-state index is 12.9. The lowest BCUT2D eigenvalue weighted by atomic mass is 9.89. The molecule has 1 N–H and O–H groups in total. The number of nitrogens with one attached hydrogen (secondary N) is 1. The number of nitrogens with zero attached hydrogens (tertiary/aromatic N) is 1. The normalized spacial score (nSPS) is 25.5. The highest BCUT2D eigenvalue weighted by Crippen LogP contribution is 2.30. The van der Waals surface area contributed by atoms with E-state index >= 15 is 0 Å². The summed E-state index contributed by atoms with van der Waals surface area (Å²) in [5, 5.41) is 4.89. The van der Waals surface area contributed by atoms with Crippen molar-refractivity contribution in [3.8, 4) is 0 Å². The Morgan fingerprint density at radius 3 is 3.00 bits per heavy atom. The average Bonchev–Trinajstić information content (AvgIpc) is 3.07. The van der Waals surface area contributed by atoms with Crippen molar-refractivity contribution in [2.75, 3.05) is 13.2 Å². The summed E-state index contributed by atoms with van der Waals surface area (Å²) in [6.45, 7) is 2.78. The Hall–Kier alpha value is -1.40. The van der Waals surface area contributed by atoms with Gasteiger partial charge in [0.05, 0.1) is 31.2 Å². The number of thiophene rings is 1. The Balaban J connectivity index is 1.69. The molecular weight excluding hydrogens is 312 g/mol. The molecule has 0 spiro atoms. The zero-order valence-electron chi connectivity index (χ0n) is 13.5. The summed E-state index contributed by atoms with van der Waals surface area (Å²) in [7, 11) is 0. The molecule has 1 aromatic heterocycles. The van der Waals surface area contributed by atoms with Gasteiger partial charge in [-0.1, -0.05) is 18.9 Å². The second-order valence-electron chi connectivity index (χ2n) is 6.32. The van der Waals surface area contributed by atoms with Gasteiger partial charge in [-0.2, -0.15) is 0 Å². The van der Waals surface area contributed by atoms with Gasteiger partial charge in [-0.25, -0.2) is 0 Å². The van der Waals surface area contributed by atoms with Crippen LogP contribution in [-0.4, -0.2) is 42.0 Å². The zero-order valence-corrected chi connectivity index (χ0v) is 14.3. The van der Waals surface area contributed by atoms with Crippen LogP contribution in [0.1, 0.15) is 49.9 Å². The van der Waals surface area contributed by atoms with Crippen molar-refractivity contribution in [2.24, 2.45) is 0 Å². The molecule has 1 aliphatic carbocycles. The first-order valence-corrected chi connectivity index (χ1v) is 9.24. The maximum Gasteiger partial charge on any atom is 0.225 e. The van der Waals surface area contributed by atoms with Crippen molar-refractivity contribution in [1.82, 2.24) is 10.2 Å². The second-order valence-corrected chi connectivity index (χ2v) is 7.30. The maximum absolute atomic E-state index is 12.9. The van der Waals surface area contributed by atoms with E-state index < -0.39 is 0 Å². The third kappa shape index (κ3) is 3.93. The van der Waals surface area contributed by atoms with E-state index in [0.717, 1.165) is 24.1 Å². The number of fused-ring (bicyclic) bond motifs is 1. The van der Waals surface area contributed by atoms with E-state index in [1.165, 1.54) is 13.3 Å². The summed E-state index contributed by atoms with van der Waals surface area (Å²) in [6, 6.07) is 3.91. The molecule has 0 radical (unpaired) electrons. The Labute approximate surface area is 141 Å². The topological polar surface area (TPSA) is 58.6 Å². The van der Waals surface area contributed by atoms with Crippen LogP contribution in [0.2, 0.25) is 0 Å². The fourth-order valence-corrected chi connectivity index (χ4v) is 4.43. The molecule has 6 heteroatoms. The molecule has 1 saturated heterocycles. The number of carbonyl (C=O) groups is 2. The van der Waals surface area contributed by atoms with Crippen molar-refractivity contribution in [3.63, 3.8) is 0 Å². The van der Waals surface area contributed by atoms with E-state index in [9.17, 15) is 9.59 Å². The van der Waals surface area contributed by atoms with Crippen LogP contribution in [0.15, 0.2) is 17.5 Å². The number of carbonyl (C=O) groups excluding carboxylic acids is 2. The van der Waals surface area contributed by atoms with Crippen molar-refractivity contribution in [1.29, 1.82) is 0 Å². The summed E-state index contributed by atoms with van der Waals surface area (Å²) in [6.07, 6.45) is 4.95. The monoisotopic (exact) mass is 336 g/mol. The van der Waals surface area contributed by atoms with Crippen LogP contribution >= 0.6 is 11.3 Å². The molecule has 3 rings (SSSR count). The summed E-state index contributed by atoms with van der Waals surface area (Å²) < 4.78 is 5.84. The molecule has 0 unspecified atom stereocenters. The van der Waals surface area contributed by atoms with Gasteiger partial charge in [0.2, 0.25) is 11.8 Å². The molecule has 1 saturated carbocycles. The smallest absolute Gasteiger partial charge is 0.225 e. The van der Waals surface area contributed by atoms with Crippen LogP contribution < -0.4 is 5.32 Å². The number of rotatable bonds is 4. The lowest BCUT2D eigenvalue weighted by Gasteiger charge is -2.44. The Kier molecular flexibility index (Phi) is 5.33. The minimum Gasteiger partial charge on any atom is -0.374 e. The van der Waals surface area contributed by atoms with Gasteiger partial charge in [-0.05, 0) is 24.3 Å². The van der Waals surface area contributed by atoms with E-state index in [4.69, 9.17) is 4.74 Å². The third-order valence-electron chi connectivity index (χ3n) is 4.70. The molecule has 23 heavy (non-hydrogen) atoms. The molecule has 0 bridgehead atoms. The summed E-state index contributed by atoms with van der Waals surface area (Å²) in [4.78, 5) is 27.4. The van der Waals surface area contributed by atoms with Crippen LogP contribution in [0.25, 0.3) is 0 Å². The molecule has 1 aromatic rings. The van der Waals surface area contributed by atoms with Crippen LogP contribution in [0, 0.1) is 0 Å². The largest absolute Gasteiger partial charge is 0.374 e. The molecule has 1 aliphatic heterocycles. The minimum atomic E-state index is -0.232. The highest BCUT2D eigenvalue weighted by atomic mass is 32.1. The van der Waals surface area contributed by atoms with Crippen molar-refractivity contribution >= 4 is 23.2 Å². The highest BCUT2D eigenvalue weighted by molar-refractivity contribution is 7.10. The van der Waals surface area contributed by atoms with Gasteiger partial charge in [0, 0.05) is 18.3 Å².